The Hall–Kier alpha value is -1.23. The molecule has 21 heavy (non-hydrogen) atoms. The Labute approximate surface area is 124 Å². The van der Waals surface area contributed by atoms with Gasteiger partial charge in [-0.15, -0.1) is 0 Å². The van der Waals surface area contributed by atoms with Crippen LogP contribution in [0, 0.1) is 17.5 Å². The molecule has 1 atom stereocenters. The average molecular weight is 300 g/mol. The molecule has 1 N–H and O–H groups in total. The van der Waals surface area contributed by atoms with Gasteiger partial charge in [-0.05, 0) is 31.4 Å². The summed E-state index contributed by atoms with van der Waals surface area (Å²) in [6.07, 6.45) is 2.62. The summed E-state index contributed by atoms with van der Waals surface area (Å²) in [5, 5.41) is 3.55. The minimum absolute atomic E-state index is 0.0792. The molecule has 0 radical (unpaired) electrons. The number of nitrogens with zero attached hydrogens (tertiary/aromatic N) is 1. The Morgan fingerprint density at radius 2 is 1.81 bits per heavy atom. The molecule has 0 spiro atoms. The average Bonchev–Trinajstić information content (AvgIpc) is 2.52. The number of nitrogens with one attached hydrogen (secondary N) is 1. The summed E-state index contributed by atoms with van der Waals surface area (Å²) in [6.45, 7) is 7.50. The summed E-state index contributed by atoms with van der Waals surface area (Å²) in [5.74, 6) is -3.62. The molecule has 1 aliphatic rings. The molecule has 2 rings (SSSR count). The zero-order chi connectivity index (χ0) is 15.6. The van der Waals surface area contributed by atoms with Crippen molar-refractivity contribution in [1.29, 1.82) is 0 Å². The Kier molecular flexibility index (Phi) is 4.81. The first kappa shape index (κ1) is 16.1. The van der Waals surface area contributed by atoms with Crippen LogP contribution in [-0.4, -0.2) is 24.7 Å². The van der Waals surface area contributed by atoms with Crippen molar-refractivity contribution in [2.75, 3.05) is 18.0 Å². The summed E-state index contributed by atoms with van der Waals surface area (Å²) in [5.41, 5.74) is 0.0525. The third-order valence-electron chi connectivity index (χ3n) is 4.78. The van der Waals surface area contributed by atoms with Gasteiger partial charge in [0.25, 0.3) is 0 Å². The molecule has 0 aromatic heterocycles. The first-order valence-corrected chi connectivity index (χ1v) is 7.63. The summed E-state index contributed by atoms with van der Waals surface area (Å²) in [4.78, 5) is 1.89. The largest absolute Gasteiger partial charge is 0.363 e. The third kappa shape index (κ3) is 2.89. The summed E-state index contributed by atoms with van der Waals surface area (Å²) in [6, 6.07) is 2.43. The van der Waals surface area contributed by atoms with Crippen LogP contribution < -0.4 is 10.2 Å². The van der Waals surface area contributed by atoms with Gasteiger partial charge in [-0.3, -0.25) is 0 Å². The predicted octanol–water partition coefficient (Wildman–Crippen LogP) is 3.85. The molecule has 5 heteroatoms. The van der Waals surface area contributed by atoms with E-state index >= 15 is 0 Å². The van der Waals surface area contributed by atoms with E-state index in [1.807, 2.05) is 11.8 Å². The zero-order valence-corrected chi connectivity index (χ0v) is 12.8. The maximum absolute atomic E-state index is 14.1. The lowest BCUT2D eigenvalue weighted by atomic mass is 9.87. The number of hydrogen-bond acceptors (Lipinski definition) is 2. The molecule has 0 aliphatic carbocycles. The molecule has 1 heterocycles. The molecule has 1 aromatic carbocycles. The third-order valence-corrected chi connectivity index (χ3v) is 4.78. The number of benzene rings is 1. The highest BCUT2D eigenvalue weighted by Gasteiger charge is 2.37. The maximum atomic E-state index is 14.1. The quantitative estimate of drug-likeness (QED) is 0.850. The first-order valence-electron chi connectivity index (χ1n) is 7.63. The lowest BCUT2D eigenvalue weighted by Crippen LogP contribution is -2.64. The second-order valence-corrected chi connectivity index (χ2v) is 5.75. The van der Waals surface area contributed by atoms with Crippen molar-refractivity contribution in [2.24, 2.45) is 0 Å². The number of anilines is 1. The smallest absolute Gasteiger partial charge is 0.196 e. The number of halogens is 3. The maximum Gasteiger partial charge on any atom is 0.196 e. The van der Waals surface area contributed by atoms with Gasteiger partial charge < -0.3 is 10.2 Å². The summed E-state index contributed by atoms with van der Waals surface area (Å²) in [7, 11) is 0. The van der Waals surface area contributed by atoms with Crippen LogP contribution in [0.15, 0.2) is 12.1 Å². The van der Waals surface area contributed by atoms with E-state index in [0.29, 0.717) is 6.54 Å². The van der Waals surface area contributed by atoms with Crippen LogP contribution in [0.3, 0.4) is 0 Å². The van der Waals surface area contributed by atoms with Gasteiger partial charge in [-0.25, -0.2) is 13.2 Å². The fraction of sp³-hybridized carbons (Fsp3) is 0.625. The first-order chi connectivity index (χ1) is 9.98. The van der Waals surface area contributed by atoms with Crippen LogP contribution in [0.4, 0.5) is 18.9 Å². The minimum Gasteiger partial charge on any atom is -0.363 e. The van der Waals surface area contributed by atoms with E-state index in [2.05, 4.69) is 19.2 Å². The van der Waals surface area contributed by atoms with Crippen LogP contribution in [-0.2, 0) is 0 Å². The molecular weight excluding hydrogens is 277 g/mol. The Bertz CT molecular complexity index is 501. The highest BCUT2D eigenvalue weighted by molar-refractivity contribution is 5.50. The van der Waals surface area contributed by atoms with Crippen LogP contribution in [0.1, 0.15) is 40.0 Å². The molecule has 0 amide bonds. The number of hydrogen-bond donors (Lipinski definition) is 1. The highest BCUT2D eigenvalue weighted by Crippen LogP contribution is 2.31. The van der Waals surface area contributed by atoms with E-state index in [1.54, 1.807) is 0 Å². The fourth-order valence-corrected chi connectivity index (χ4v) is 3.06. The zero-order valence-electron chi connectivity index (χ0n) is 12.8. The van der Waals surface area contributed by atoms with E-state index in [1.165, 1.54) is 6.07 Å². The van der Waals surface area contributed by atoms with Crippen molar-refractivity contribution in [1.82, 2.24) is 5.32 Å². The van der Waals surface area contributed by atoms with E-state index in [4.69, 9.17) is 0 Å². The second-order valence-electron chi connectivity index (χ2n) is 5.75. The Morgan fingerprint density at radius 3 is 2.38 bits per heavy atom. The van der Waals surface area contributed by atoms with Crippen LogP contribution in [0.2, 0.25) is 0 Å². The van der Waals surface area contributed by atoms with E-state index < -0.39 is 17.5 Å². The minimum atomic E-state index is -1.39. The molecule has 1 aliphatic heterocycles. The molecule has 1 fully saturated rings. The van der Waals surface area contributed by atoms with Gasteiger partial charge in [-0.1, -0.05) is 20.8 Å². The van der Waals surface area contributed by atoms with Gasteiger partial charge in [0.05, 0.1) is 5.69 Å². The van der Waals surface area contributed by atoms with Crippen LogP contribution in [0.25, 0.3) is 0 Å². The van der Waals surface area contributed by atoms with E-state index in [9.17, 15) is 13.2 Å². The molecule has 1 aromatic rings. The molecular formula is C16H23F3N2. The van der Waals surface area contributed by atoms with Crippen molar-refractivity contribution in [2.45, 2.75) is 51.6 Å². The molecule has 1 unspecified atom stereocenters. The van der Waals surface area contributed by atoms with Crippen molar-refractivity contribution in [3.05, 3.63) is 29.6 Å². The standard InChI is InChI=1S/C16H23F3N2/c1-4-11-9-20-16(5-2,6-3)10-21(11)13-8-7-12(17)14(18)15(13)19/h7-8,11,20H,4-6,9-10H2,1-3H3. The van der Waals surface area contributed by atoms with Gasteiger partial charge in [-0.2, -0.15) is 0 Å². The molecule has 1 saturated heterocycles. The monoisotopic (exact) mass is 300 g/mol. The Morgan fingerprint density at radius 1 is 1.14 bits per heavy atom. The predicted molar refractivity (Wildman–Crippen MR) is 79.1 cm³/mol. The van der Waals surface area contributed by atoms with Crippen molar-refractivity contribution in [3.8, 4) is 0 Å². The van der Waals surface area contributed by atoms with Crippen LogP contribution in [0.5, 0.6) is 0 Å². The molecule has 2 nitrogen and oxygen atoms in total. The van der Waals surface area contributed by atoms with Gasteiger partial charge >= 0.3 is 0 Å². The van der Waals surface area contributed by atoms with Gasteiger partial charge in [0.2, 0.25) is 0 Å². The summed E-state index contributed by atoms with van der Waals surface area (Å²) < 4.78 is 40.8. The topological polar surface area (TPSA) is 15.3 Å². The Balaban J connectivity index is 2.40. The van der Waals surface area contributed by atoms with E-state index in [0.717, 1.165) is 31.9 Å². The number of rotatable bonds is 4. The van der Waals surface area contributed by atoms with Gasteiger partial charge in [0.1, 0.15) is 0 Å². The number of piperazine rings is 1. The van der Waals surface area contributed by atoms with E-state index in [-0.39, 0.29) is 17.3 Å². The summed E-state index contributed by atoms with van der Waals surface area (Å²) >= 11 is 0. The molecule has 118 valence electrons. The molecule has 0 bridgehead atoms. The normalized spacial score (nSPS) is 21.6. The van der Waals surface area contributed by atoms with Gasteiger partial charge in [0.15, 0.2) is 17.5 Å². The van der Waals surface area contributed by atoms with Gasteiger partial charge in [0, 0.05) is 24.7 Å². The van der Waals surface area contributed by atoms with Crippen LogP contribution >= 0.6 is 0 Å². The second kappa shape index (κ2) is 6.26. The SMILES string of the molecule is CCC1CNC(CC)(CC)CN1c1ccc(F)c(F)c1F. The molecule has 0 saturated carbocycles. The fourth-order valence-electron chi connectivity index (χ4n) is 3.06. The van der Waals surface area contributed by atoms with Crippen molar-refractivity contribution < 1.29 is 13.2 Å². The lowest BCUT2D eigenvalue weighted by molar-refractivity contribution is 0.244. The van der Waals surface area contributed by atoms with Crippen molar-refractivity contribution >= 4 is 5.69 Å². The highest BCUT2D eigenvalue weighted by atomic mass is 19.2. The lowest BCUT2D eigenvalue weighted by Gasteiger charge is -2.48. The van der Waals surface area contributed by atoms with Crippen molar-refractivity contribution in [3.63, 3.8) is 0 Å².